The molecule has 0 aromatic heterocycles. The van der Waals surface area contributed by atoms with Crippen LogP contribution >= 0.6 is 0 Å². The van der Waals surface area contributed by atoms with Crippen molar-refractivity contribution in [2.45, 2.75) is 38.9 Å². The minimum atomic E-state index is -0.489. The molecule has 3 nitrogen and oxygen atoms in total. The van der Waals surface area contributed by atoms with E-state index in [1.807, 2.05) is 31.0 Å². The van der Waals surface area contributed by atoms with Gasteiger partial charge >= 0.3 is 0 Å². The summed E-state index contributed by atoms with van der Waals surface area (Å²) in [5.74, 6) is 0.487. The molecule has 0 unspecified atom stereocenters. The van der Waals surface area contributed by atoms with Gasteiger partial charge in [-0.2, -0.15) is 0 Å². The van der Waals surface area contributed by atoms with Crippen LogP contribution in [0, 0.1) is 19.8 Å². The normalized spacial score (nSPS) is 18.6. The van der Waals surface area contributed by atoms with E-state index in [0.29, 0.717) is 19.0 Å². The van der Waals surface area contributed by atoms with E-state index >= 15 is 0 Å². The molecule has 1 aromatic carbocycles. The highest BCUT2D eigenvalue weighted by Gasteiger charge is 2.30. The molecule has 0 radical (unpaired) electrons. The molecule has 1 fully saturated rings. The first kappa shape index (κ1) is 14.5. The van der Waals surface area contributed by atoms with Crippen LogP contribution < -0.4 is 0 Å². The molecular formula is C16H25NO2. The van der Waals surface area contributed by atoms with E-state index < -0.39 is 6.10 Å². The molecule has 19 heavy (non-hydrogen) atoms. The number of nitrogens with zero attached hydrogens (tertiary/aromatic N) is 1. The van der Waals surface area contributed by atoms with Crippen molar-refractivity contribution in [2.24, 2.45) is 5.92 Å². The van der Waals surface area contributed by atoms with E-state index in [-0.39, 0.29) is 6.10 Å². The van der Waals surface area contributed by atoms with Gasteiger partial charge in [-0.1, -0.05) is 23.8 Å². The minimum absolute atomic E-state index is 0.240. The van der Waals surface area contributed by atoms with Crippen LogP contribution in [0.4, 0.5) is 0 Å². The second-order valence-electron chi connectivity index (χ2n) is 6.00. The topological polar surface area (TPSA) is 43.7 Å². The van der Waals surface area contributed by atoms with Crippen molar-refractivity contribution in [1.82, 2.24) is 4.90 Å². The highest BCUT2D eigenvalue weighted by molar-refractivity contribution is 5.32. The molecular weight excluding hydrogens is 238 g/mol. The fraction of sp³-hybridized carbons (Fsp3) is 0.625. The molecule has 0 heterocycles. The van der Waals surface area contributed by atoms with Gasteiger partial charge in [0, 0.05) is 13.1 Å². The van der Waals surface area contributed by atoms with Crippen molar-refractivity contribution in [3.8, 4) is 0 Å². The fourth-order valence-corrected chi connectivity index (χ4v) is 2.62. The summed E-state index contributed by atoms with van der Waals surface area (Å²) in [5, 5.41) is 20.2. The molecule has 3 heteroatoms. The molecule has 2 N–H and O–H groups in total. The Hall–Kier alpha value is -0.900. The molecule has 2 atom stereocenters. The Morgan fingerprint density at radius 3 is 2.47 bits per heavy atom. The van der Waals surface area contributed by atoms with Gasteiger partial charge < -0.3 is 15.1 Å². The van der Waals surface area contributed by atoms with Gasteiger partial charge in [-0.3, -0.25) is 0 Å². The lowest BCUT2D eigenvalue weighted by Crippen LogP contribution is -2.33. The van der Waals surface area contributed by atoms with Crippen LogP contribution in [0.25, 0.3) is 0 Å². The molecule has 0 bridgehead atoms. The van der Waals surface area contributed by atoms with E-state index in [9.17, 15) is 10.2 Å². The predicted octanol–water partition coefficient (Wildman–Crippen LogP) is 2.04. The summed E-state index contributed by atoms with van der Waals surface area (Å²) >= 11 is 0. The summed E-state index contributed by atoms with van der Waals surface area (Å²) in [6, 6.07) is 6.13. The maximum absolute atomic E-state index is 10.3. The zero-order valence-corrected chi connectivity index (χ0v) is 12.1. The Morgan fingerprint density at radius 1 is 1.21 bits per heavy atom. The quantitative estimate of drug-likeness (QED) is 0.825. The van der Waals surface area contributed by atoms with E-state index in [2.05, 4.69) is 13.0 Å². The standard InChI is InChI=1S/C16H25NO2/c1-11-4-7-14(12(2)8-11)16(19)10-17(3)9-15(18)13-5-6-13/h4,7-8,13,15-16,18-19H,5-6,9-10H2,1-3H3/t15-,16-/m1/s1. The highest BCUT2D eigenvalue weighted by atomic mass is 16.3. The molecule has 1 saturated carbocycles. The van der Waals surface area contributed by atoms with Crippen molar-refractivity contribution in [3.05, 3.63) is 34.9 Å². The van der Waals surface area contributed by atoms with Crippen LogP contribution in [0.1, 0.15) is 35.6 Å². The van der Waals surface area contributed by atoms with E-state index in [1.165, 1.54) is 5.56 Å². The lowest BCUT2D eigenvalue weighted by atomic mass is 10.0. The third-order valence-corrected chi connectivity index (χ3v) is 3.93. The van der Waals surface area contributed by atoms with Gasteiger partial charge in [-0.15, -0.1) is 0 Å². The molecule has 1 aliphatic carbocycles. The van der Waals surface area contributed by atoms with Crippen molar-refractivity contribution < 1.29 is 10.2 Å². The zero-order valence-electron chi connectivity index (χ0n) is 12.1. The number of likely N-dealkylation sites (N-methyl/N-ethyl adjacent to an activating group) is 1. The van der Waals surface area contributed by atoms with Crippen LogP contribution in [0.2, 0.25) is 0 Å². The number of aryl methyl sites for hydroxylation is 2. The lowest BCUT2D eigenvalue weighted by Gasteiger charge is -2.24. The number of aliphatic hydroxyl groups is 2. The van der Waals surface area contributed by atoms with Gasteiger partial charge in [0.25, 0.3) is 0 Å². The number of hydrogen-bond donors (Lipinski definition) is 2. The first-order chi connectivity index (χ1) is 8.97. The Kier molecular flexibility index (Phi) is 4.61. The van der Waals surface area contributed by atoms with Gasteiger partial charge in [-0.25, -0.2) is 0 Å². The summed E-state index contributed by atoms with van der Waals surface area (Å²) in [4.78, 5) is 2.02. The summed E-state index contributed by atoms with van der Waals surface area (Å²) in [5.41, 5.74) is 3.33. The molecule has 2 rings (SSSR count). The van der Waals surface area contributed by atoms with Crippen LogP contribution in [-0.2, 0) is 0 Å². The van der Waals surface area contributed by atoms with Gasteiger partial charge in [0.1, 0.15) is 0 Å². The second-order valence-corrected chi connectivity index (χ2v) is 6.00. The van der Waals surface area contributed by atoms with Gasteiger partial charge in [-0.05, 0) is 50.8 Å². The van der Waals surface area contributed by atoms with Gasteiger partial charge in [0.2, 0.25) is 0 Å². The third kappa shape index (κ3) is 4.03. The van der Waals surface area contributed by atoms with Crippen LogP contribution in [0.3, 0.4) is 0 Å². The maximum atomic E-state index is 10.3. The minimum Gasteiger partial charge on any atom is -0.392 e. The first-order valence-corrected chi connectivity index (χ1v) is 7.09. The van der Waals surface area contributed by atoms with Gasteiger partial charge in [0.15, 0.2) is 0 Å². The zero-order chi connectivity index (χ0) is 14.0. The van der Waals surface area contributed by atoms with Crippen LogP contribution in [0.15, 0.2) is 18.2 Å². The molecule has 0 aliphatic heterocycles. The van der Waals surface area contributed by atoms with Crippen LogP contribution in [0.5, 0.6) is 0 Å². The van der Waals surface area contributed by atoms with Crippen LogP contribution in [-0.4, -0.2) is 41.4 Å². The lowest BCUT2D eigenvalue weighted by molar-refractivity contribution is 0.0731. The molecule has 0 spiro atoms. The Balaban J connectivity index is 1.90. The predicted molar refractivity (Wildman–Crippen MR) is 77.1 cm³/mol. The smallest absolute Gasteiger partial charge is 0.0919 e. The number of benzene rings is 1. The summed E-state index contributed by atoms with van der Waals surface area (Å²) < 4.78 is 0. The second kappa shape index (κ2) is 6.04. The maximum Gasteiger partial charge on any atom is 0.0919 e. The monoisotopic (exact) mass is 263 g/mol. The average Bonchev–Trinajstić information content (AvgIpc) is 3.11. The average molecular weight is 263 g/mol. The Bertz CT molecular complexity index is 429. The molecule has 0 saturated heterocycles. The largest absolute Gasteiger partial charge is 0.392 e. The summed E-state index contributed by atoms with van der Waals surface area (Å²) in [6.45, 7) is 5.30. The van der Waals surface area contributed by atoms with Gasteiger partial charge in [0.05, 0.1) is 12.2 Å². The first-order valence-electron chi connectivity index (χ1n) is 7.09. The molecule has 0 amide bonds. The van der Waals surface area contributed by atoms with Crippen molar-refractivity contribution in [2.75, 3.05) is 20.1 Å². The SMILES string of the molecule is Cc1ccc([C@H](O)CN(C)C[C@@H](O)C2CC2)c(C)c1. The third-order valence-electron chi connectivity index (χ3n) is 3.93. The summed E-state index contributed by atoms with van der Waals surface area (Å²) in [6.07, 6.45) is 1.57. The van der Waals surface area contributed by atoms with Crippen molar-refractivity contribution in [3.63, 3.8) is 0 Å². The van der Waals surface area contributed by atoms with Crippen molar-refractivity contribution in [1.29, 1.82) is 0 Å². The Labute approximate surface area is 115 Å². The van der Waals surface area contributed by atoms with E-state index in [1.54, 1.807) is 0 Å². The summed E-state index contributed by atoms with van der Waals surface area (Å²) in [7, 11) is 1.96. The van der Waals surface area contributed by atoms with Crippen molar-refractivity contribution >= 4 is 0 Å². The number of aliphatic hydroxyl groups excluding tert-OH is 2. The Morgan fingerprint density at radius 2 is 1.89 bits per heavy atom. The molecule has 106 valence electrons. The number of rotatable bonds is 6. The molecule has 1 aromatic rings. The molecule has 1 aliphatic rings. The van der Waals surface area contributed by atoms with E-state index in [0.717, 1.165) is 24.0 Å². The number of hydrogen-bond acceptors (Lipinski definition) is 3. The highest BCUT2D eigenvalue weighted by Crippen LogP contribution is 2.32. The fourth-order valence-electron chi connectivity index (χ4n) is 2.62. The van der Waals surface area contributed by atoms with E-state index in [4.69, 9.17) is 0 Å².